The van der Waals surface area contributed by atoms with E-state index in [1.807, 2.05) is 0 Å². The van der Waals surface area contributed by atoms with Gasteiger partial charge >= 0.3 is 5.51 Å². The summed E-state index contributed by atoms with van der Waals surface area (Å²) in [7, 11) is -5.33. The Bertz CT molecular complexity index is 516. The zero-order valence-corrected chi connectivity index (χ0v) is 11.1. The third-order valence-electron chi connectivity index (χ3n) is 2.19. The minimum atomic E-state index is -5.33. The third kappa shape index (κ3) is 3.99. The Kier molecular flexibility index (Phi) is 5.05. The number of benzene rings is 1. The van der Waals surface area contributed by atoms with Crippen LogP contribution in [0.5, 0.6) is 0 Å². The van der Waals surface area contributed by atoms with E-state index >= 15 is 0 Å². The lowest BCUT2D eigenvalue weighted by Crippen LogP contribution is -2.23. The molecule has 1 aromatic carbocycles. The summed E-state index contributed by atoms with van der Waals surface area (Å²) >= 11 is 5.36. The molecule has 0 fully saturated rings. The SMILES string of the molecule is O=S(=O)(c1ccc(NCC(O)CCl)cc1)C(F)(F)F. The summed E-state index contributed by atoms with van der Waals surface area (Å²) in [5, 5.41) is 11.9. The number of hydrogen-bond acceptors (Lipinski definition) is 4. The maximum Gasteiger partial charge on any atom is 0.501 e. The number of aliphatic hydroxyl groups excluding tert-OH is 1. The number of nitrogens with one attached hydrogen (secondary N) is 1. The highest BCUT2D eigenvalue weighted by Crippen LogP contribution is 2.30. The van der Waals surface area contributed by atoms with Crippen LogP contribution in [0, 0.1) is 0 Å². The summed E-state index contributed by atoms with van der Waals surface area (Å²) in [5.41, 5.74) is -4.94. The van der Waals surface area contributed by atoms with E-state index in [9.17, 15) is 26.7 Å². The van der Waals surface area contributed by atoms with Gasteiger partial charge in [0.2, 0.25) is 0 Å². The summed E-state index contributed by atoms with van der Waals surface area (Å²) in [6.45, 7) is 0.106. The summed E-state index contributed by atoms with van der Waals surface area (Å²) in [6, 6.07) is 4.05. The third-order valence-corrected chi connectivity index (χ3v) is 4.05. The second kappa shape index (κ2) is 5.98. The van der Waals surface area contributed by atoms with Gasteiger partial charge in [0.05, 0.1) is 16.9 Å². The molecule has 0 aliphatic rings. The minimum Gasteiger partial charge on any atom is -0.390 e. The highest BCUT2D eigenvalue weighted by Gasteiger charge is 2.46. The summed E-state index contributed by atoms with van der Waals surface area (Å²) in [4.78, 5) is -0.830. The average Bonchev–Trinajstić information content (AvgIpc) is 2.35. The fraction of sp³-hybridized carbons (Fsp3) is 0.400. The number of alkyl halides is 4. The summed E-state index contributed by atoms with van der Waals surface area (Å²) in [5.74, 6) is 0.00748. The highest BCUT2D eigenvalue weighted by atomic mass is 35.5. The van der Waals surface area contributed by atoms with Gasteiger partial charge in [0.25, 0.3) is 9.84 Å². The molecule has 0 aromatic heterocycles. The summed E-state index contributed by atoms with van der Waals surface area (Å²) < 4.78 is 59.0. The van der Waals surface area contributed by atoms with Crippen LogP contribution in [0.25, 0.3) is 0 Å². The number of hydrogen-bond donors (Lipinski definition) is 2. The maximum absolute atomic E-state index is 12.3. The van der Waals surface area contributed by atoms with Crippen molar-refractivity contribution >= 4 is 27.1 Å². The van der Waals surface area contributed by atoms with Gasteiger partial charge in [-0.1, -0.05) is 0 Å². The lowest BCUT2D eigenvalue weighted by atomic mass is 10.3. The fourth-order valence-electron chi connectivity index (χ4n) is 1.18. The molecule has 1 rings (SSSR count). The molecule has 1 atom stereocenters. The Hall–Kier alpha value is -0.990. The molecule has 0 saturated heterocycles. The van der Waals surface area contributed by atoms with Crippen LogP contribution in [0.2, 0.25) is 0 Å². The molecule has 0 bridgehead atoms. The first kappa shape index (κ1) is 16.1. The summed E-state index contributed by atoms with van der Waals surface area (Å²) in [6.07, 6.45) is -0.805. The molecule has 0 amide bonds. The number of anilines is 1. The quantitative estimate of drug-likeness (QED) is 0.815. The van der Waals surface area contributed by atoms with E-state index in [4.69, 9.17) is 11.6 Å². The molecule has 2 N–H and O–H groups in total. The predicted molar refractivity (Wildman–Crippen MR) is 64.9 cm³/mol. The van der Waals surface area contributed by atoms with E-state index in [0.717, 1.165) is 12.1 Å². The maximum atomic E-state index is 12.3. The Morgan fingerprint density at radius 1 is 1.26 bits per heavy atom. The monoisotopic (exact) mass is 317 g/mol. The van der Waals surface area contributed by atoms with Gasteiger partial charge in [0.15, 0.2) is 0 Å². The Labute approximate surface area is 113 Å². The van der Waals surface area contributed by atoms with E-state index in [1.165, 1.54) is 12.1 Å². The molecule has 0 saturated carbocycles. The Balaban J connectivity index is 2.83. The molecule has 0 heterocycles. The Morgan fingerprint density at radius 2 is 1.79 bits per heavy atom. The van der Waals surface area contributed by atoms with Gasteiger partial charge < -0.3 is 10.4 Å². The van der Waals surface area contributed by atoms with Crippen LogP contribution in [0.15, 0.2) is 29.2 Å². The molecule has 9 heteroatoms. The van der Waals surface area contributed by atoms with Crippen molar-refractivity contribution in [2.75, 3.05) is 17.7 Å². The van der Waals surface area contributed by atoms with Gasteiger partial charge in [0.1, 0.15) is 0 Å². The zero-order valence-electron chi connectivity index (χ0n) is 9.48. The second-order valence-corrected chi connectivity index (χ2v) is 5.91. The Morgan fingerprint density at radius 3 is 2.21 bits per heavy atom. The van der Waals surface area contributed by atoms with Crippen LogP contribution < -0.4 is 5.32 Å². The smallest absolute Gasteiger partial charge is 0.390 e. The van der Waals surface area contributed by atoms with Crippen molar-refractivity contribution in [1.29, 1.82) is 0 Å². The second-order valence-electron chi connectivity index (χ2n) is 3.66. The molecule has 0 spiro atoms. The first-order valence-corrected chi connectivity index (χ1v) is 7.09. The lowest BCUT2D eigenvalue weighted by molar-refractivity contribution is -0.0436. The van der Waals surface area contributed by atoms with E-state index in [2.05, 4.69) is 5.32 Å². The van der Waals surface area contributed by atoms with E-state index in [-0.39, 0.29) is 12.4 Å². The van der Waals surface area contributed by atoms with Crippen LogP contribution in [0.3, 0.4) is 0 Å². The van der Waals surface area contributed by atoms with Crippen molar-refractivity contribution in [2.24, 2.45) is 0 Å². The number of halogens is 4. The predicted octanol–water partition coefficient (Wildman–Crippen LogP) is 1.99. The number of rotatable bonds is 5. The van der Waals surface area contributed by atoms with E-state index in [0.29, 0.717) is 5.69 Å². The van der Waals surface area contributed by atoms with Crippen molar-refractivity contribution in [3.63, 3.8) is 0 Å². The van der Waals surface area contributed by atoms with Crippen molar-refractivity contribution in [3.05, 3.63) is 24.3 Å². The van der Waals surface area contributed by atoms with Gasteiger partial charge in [-0.25, -0.2) is 8.42 Å². The van der Waals surface area contributed by atoms with Crippen molar-refractivity contribution in [2.45, 2.75) is 16.5 Å². The van der Waals surface area contributed by atoms with Crippen LogP contribution in [-0.4, -0.2) is 37.6 Å². The lowest BCUT2D eigenvalue weighted by Gasteiger charge is -2.11. The molecule has 19 heavy (non-hydrogen) atoms. The molecule has 4 nitrogen and oxygen atoms in total. The van der Waals surface area contributed by atoms with E-state index < -0.39 is 26.3 Å². The van der Waals surface area contributed by atoms with Crippen LogP contribution >= 0.6 is 11.6 Å². The minimum absolute atomic E-state index is 0.00748. The first-order valence-electron chi connectivity index (χ1n) is 5.08. The fourth-order valence-corrected chi connectivity index (χ4v) is 2.05. The zero-order chi connectivity index (χ0) is 14.7. The molecule has 1 aromatic rings. The molecule has 1 unspecified atom stereocenters. The van der Waals surface area contributed by atoms with Crippen LogP contribution in [-0.2, 0) is 9.84 Å². The largest absolute Gasteiger partial charge is 0.501 e. The molecular formula is C10H11ClF3NO3S. The van der Waals surface area contributed by atoms with Crippen molar-refractivity contribution < 1.29 is 26.7 Å². The first-order chi connectivity index (χ1) is 8.68. The average molecular weight is 318 g/mol. The van der Waals surface area contributed by atoms with Gasteiger partial charge in [-0.15, -0.1) is 11.6 Å². The van der Waals surface area contributed by atoms with Gasteiger partial charge in [0, 0.05) is 12.2 Å². The van der Waals surface area contributed by atoms with Crippen molar-refractivity contribution in [1.82, 2.24) is 0 Å². The highest BCUT2D eigenvalue weighted by molar-refractivity contribution is 7.92. The van der Waals surface area contributed by atoms with Crippen molar-refractivity contribution in [3.8, 4) is 0 Å². The number of aliphatic hydroxyl groups is 1. The van der Waals surface area contributed by atoms with Gasteiger partial charge in [-0.2, -0.15) is 13.2 Å². The number of sulfone groups is 1. The van der Waals surface area contributed by atoms with Gasteiger partial charge in [-0.3, -0.25) is 0 Å². The van der Waals surface area contributed by atoms with Gasteiger partial charge in [-0.05, 0) is 24.3 Å². The molecular weight excluding hydrogens is 307 g/mol. The molecule has 0 aliphatic carbocycles. The molecule has 108 valence electrons. The topological polar surface area (TPSA) is 66.4 Å². The standard InChI is InChI=1S/C10H11ClF3NO3S/c11-5-8(16)6-15-7-1-3-9(4-2-7)19(17,18)10(12,13)14/h1-4,8,15-16H,5-6H2. The normalized spacial score (nSPS) is 14.2. The van der Waals surface area contributed by atoms with Crippen LogP contribution in [0.4, 0.5) is 18.9 Å². The molecule has 0 aliphatic heterocycles. The van der Waals surface area contributed by atoms with Crippen LogP contribution in [0.1, 0.15) is 0 Å². The van der Waals surface area contributed by atoms with E-state index in [1.54, 1.807) is 0 Å². The molecule has 0 radical (unpaired) electrons.